The van der Waals surface area contributed by atoms with Crippen LogP contribution in [0.4, 0.5) is 11.4 Å². The molecule has 1 N–H and O–H groups in total. The topological polar surface area (TPSA) is 110 Å². The predicted octanol–water partition coefficient (Wildman–Crippen LogP) is 3.19. The van der Waals surface area contributed by atoms with Gasteiger partial charge in [-0.05, 0) is 31.2 Å². The van der Waals surface area contributed by atoms with E-state index in [9.17, 15) is 23.3 Å². The van der Waals surface area contributed by atoms with E-state index in [1.807, 2.05) is 0 Å². The molecule has 0 atom stereocenters. The molecular formula is C18H21N3O5S. The van der Waals surface area contributed by atoms with Crippen LogP contribution in [0.5, 0.6) is 0 Å². The van der Waals surface area contributed by atoms with Crippen LogP contribution in [0, 0.1) is 17.0 Å². The molecule has 0 aliphatic heterocycles. The molecule has 2 rings (SSSR count). The summed E-state index contributed by atoms with van der Waals surface area (Å²) in [7, 11) is -3.69. The number of anilines is 1. The lowest BCUT2D eigenvalue weighted by Crippen LogP contribution is -2.30. The number of nitrogens with one attached hydrogen (secondary N) is 1. The maximum atomic E-state index is 12.6. The van der Waals surface area contributed by atoms with Crippen LogP contribution in [-0.2, 0) is 10.0 Å². The lowest BCUT2D eigenvalue weighted by Gasteiger charge is -2.18. The highest BCUT2D eigenvalue weighted by atomic mass is 32.2. The Morgan fingerprint density at radius 1 is 1.15 bits per heavy atom. The molecule has 0 saturated carbocycles. The normalized spacial score (nSPS) is 11.4. The second-order valence-electron chi connectivity index (χ2n) is 5.83. The first kappa shape index (κ1) is 20.5. The molecule has 0 unspecified atom stereocenters. The summed E-state index contributed by atoms with van der Waals surface area (Å²) in [6.45, 7) is 5.72. The summed E-state index contributed by atoms with van der Waals surface area (Å²) in [4.78, 5) is 23.0. The zero-order valence-corrected chi connectivity index (χ0v) is 16.1. The van der Waals surface area contributed by atoms with Crippen LogP contribution < -0.4 is 5.32 Å². The molecule has 0 heterocycles. The molecule has 0 spiro atoms. The molecular weight excluding hydrogens is 370 g/mol. The number of rotatable bonds is 7. The maximum Gasteiger partial charge on any atom is 0.274 e. The van der Waals surface area contributed by atoms with Gasteiger partial charge >= 0.3 is 0 Å². The molecule has 0 bridgehead atoms. The third-order valence-electron chi connectivity index (χ3n) is 4.10. The average Bonchev–Trinajstić information content (AvgIpc) is 2.64. The smallest absolute Gasteiger partial charge is 0.274 e. The molecule has 144 valence electrons. The highest BCUT2D eigenvalue weighted by Crippen LogP contribution is 2.23. The Bertz CT molecular complexity index is 969. The van der Waals surface area contributed by atoms with Crippen molar-refractivity contribution in [2.75, 3.05) is 18.4 Å². The molecule has 2 aromatic rings. The first-order valence-electron chi connectivity index (χ1n) is 8.37. The number of benzene rings is 2. The molecule has 1 amide bonds. The first-order chi connectivity index (χ1) is 12.7. The predicted molar refractivity (Wildman–Crippen MR) is 102 cm³/mol. The Morgan fingerprint density at radius 2 is 1.81 bits per heavy atom. The van der Waals surface area contributed by atoms with Gasteiger partial charge in [0.05, 0.1) is 9.82 Å². The zero-order chi connectivity index (χ0) is 20.2. The molecule has 0 aromatic heterocycles. The van der Waals surface area contributed by atoms with Gasteiger partial charge < -0.3 is 5.32 Å². The summed E-state index contributed by atoms with van der Waals surface area (Å²) >= 11 is 0. The SMILES string of the molecule is CCN(CC)S(=O)(=O)c1cccc(C(=O)Nc2ccc(C)c([N+](=O)[O-])c2)c1. The van der Waals surface area contributed by atoms with Gasteiger partial charge in [0.15, 0.2) is 0 Å². The van der Waals surface area contributed by atoms with Crippen molar-refractivity contribution in [2.45, 2.75) is 25.7 Å². The number of hydrogen-bond donors (Lipinski definition) is 1. The summed E-state index contributed by atoms with van der Waals surface area (Å²) in [6.07, 6.45) is 0. The molecule has 0 aliphatic rings. The van der Waals surface area contributed by atoms with Crippen LogP contribution in [0.3, 0.4) is 0 Å². The van der Waals surface area contributed by atoms with Gasteiger partial charge in [-0.2, -0.15) is 4.31 Å². The monoisotopic (exact) mass is 391 g/mol. The third kappa shape index (κ3) is 4.50. The zero-order valence-electron chi connectivity index (χ0n) is 15.3. The Labute approximate surface area is 158 Å². The molecule has 0 fully saturated rings. The van der Waals surface area contributed by atoms with E-state index in [1.165, 1.54) is 40.7 Å². The Kier molecular flexibility index (Phi) is 6.29. The third-order valence-corrected chi connectivity index (χ3v) is 6.15. The summed E-state index contributed by atoms with van der Waals surface area (Å²) in [5.41, 5.74) is 0.775. The molecule has 8 nitrogen and oxygen atoms in total. The number of carbonyl (C=O) groups excluding carboxylic acids is 1. The lowest BCUT2D eigenvalue weighted by atomic mass is 10.1. The lowest BCUT2D eigenvalue weighted by molar-refractivity contribution is -0.385. The summed E-state index contributed by atoms with van der Waals surface area (Å²) in [6, 6.07) is 10.1. The number of amides is 1. The molecule has 2 aromatic carbocycles. The van der Waals surface area contributed by atoms with Crippen molar-refractivity contribution < 1.29 is 18.1 Å². The van der Waals surface area contributed by atoms with Gasteiger partial charge in [-0.25, -0.2) is 8.42 Å². The number of nitrogens with zero attached hydrogens (tertiary/aromatic N) is 2. The van der Waals surface area contributed by atoms with E-state index in [2.05, 4.69) is 5.32 Å². The van der Waals surface area contributed by atoms with Gasteiger partial charge in [0.25, 0.3) is 11.6 Å². The van der Waals surface area contributed by atoms with Gasteiger partial charge in [-0.1, -0.05) is 26.0 Å². The number of aryl methyl sites for hydroxylation is 1. The Morgan fingerprint density at radius 3 is 2.41 bits per heavy atom. The van der Waals surface area contributed by atoms with Crippen molar-refractivity contribution in [1.82, 2.24) is 4.31 Å². The van der Waals surface area contributed by atoms with Crippen LogP contribution in [0.1, 0.15) is 29.8 Å². The standard InChI is InChI=1S/C18H21N3O5S/c1-4-20(5-2)27(25,26)16-8-6-7-14(11-16)18(22)19-15-10-9-13(3)17(12-15)21(23)24/h6-12H,4-5H2,1-3H3,(H,19,22). The Hall–Kier alpha value is -2.78. The van der Waals surface area contributed by atoms with Crippen molar-refractivity contribution >= 4 is 27.3 Å². The van der Waals surface area contributed by atoms with Crippen LogP contribution in [0.15, 0.2) is 47.4 Å². The van der Waals surface area contributed by atoms with Crippen LogP contribution in [0.2, 0.25) is 0 Å². The highest BCUT2D eigenvalue weighted by Gasteiger charge is 2.22. The number of hydrogen-bond acceptors (Lipinski definition) is 5. The van der Waals surface area contributed by atoms with Gasteiger partial charge in [-0.15, -0.1) is 0 Å². The Balaban J connectivity index is 2.31. The highest BCUT2D eigenvalue weighted by molar-refractivity contribution is 7.89. The van der Waals surface area contributed by atoms with E-state index in [4.69, 9.17) is 0 Å². The minimum absolute atomic E-state index is 0.0220. The largest absolute Gasteiger partial charge is 0.322 e. The number of nitro groups is 1. The van der Waals surface area contributed by atoms with E-state index in [1.54, 1.807) is 26.8 Å². The van der Waals surface area contributed by atoms with Crippen molar-refractivity contribution in [1.29, 1.82) is 0 Å². The van der Waals surface area contributed by atoms with Crippen LogP contribution >= 0.6 is 0 Å². The van der Waals surface area contributed by atoms with Crippen LogP contribution in [-0.4, -0.2) is 36.6 Å². The van der Waals surface area contributed by atoms with Gasteiger partial charge in [0, 0.05) is 36.0 Å². The van der Waals surface area contributed by atoms with Gasteiger partial charge in [-0.3, -0.25) is 14.9 Å². The van der Waals surface area contributed by atoms with Crippen molar-refractivity contribution in [3.8, 4) is 0 Å². The molecule has 9 heteroatoms. The fourth-order valence-electron chi connectivity index (χ4n) is 2.60. The van der Waals surface area contributed by atoms with Gasteiger partial charge in [0.2, 0.25) is 10.0 Å². The fraction of sp³-hybridized carbons (Fsp3) is 0.278. The second kappa shape index (κ2) is 8.28. The van der Waals surface area contributed by atoms with Crippen molar-refractivity contribution in [3.63, 3.8) is 0 Å². The maximum absolute atomic E-state index is 12.6. The summed E-state index contributed by atoms with van der Waals surface area (Å²) in [5, 5.41) is 13.6. The average molecular weight is 391 g/mol. The van der Waals surface area contributed by atoms with Crippen molar-refractivity contribution in [3.05, 3.63) is 63.7 Å². The van der Waals surface area contributed by atoms with E-state index in [0.717, 1.165) is 0 Å². The number of sulfonamides is 1. The van der Waals surface area contributed by atoms with E-state index < -0.39 is 20.9 Å². The second-order valence-corrected chi connectivity index (χ2v) is 7.77. The number of nitro benzene ring substituents is 1. The molecule has 27 heavy (non-hydrogen) atoms. The minimum atomic E-state index is -3.69. The fourth-order valence-corrected chi connectivity index (χ4v) is 4.10. The van der Waals surface area contributed by atoms with Crippen molar-refractivity contribution in [2.24, 2.45) is 0 Å². The van der Waals surface area contributed by atoms with Gasteiger partial charge in [0.1, 0.15) is 0 Å². The van der Waals surface area contributed by atoms with Crippen LogP contribution in [0.25, 0.3) is 0 Å². The molecule has 0 saturated heterocycles. The number of carbonyl (C=O) groups is 1. The van der Waals surface area contributed by atoms with E-state index in [0.29, 0.717) is 18.7 Å². The van der Waals surface area contributed by atoms with E-state index >= 15 is 0 Å². The molecule has 0 radical (unpaired) electrons. The first-order valence-corrected chi connectivity index (χ1v) is 9.81. The molecule has 0 aliphatic carbocycles. The minimum Gasteiger partial charge on any atom is -0.322 e. The summed E-state index contributed by atoms with van der Waals surface area (Å²) < 4.78 is 26.5. The van der Waals surface area contributed by atoms with E-state index in [-0.39, 0.29) is 21.8 Å². The quantitative estimate of drug-likeness (QED) is 0.576. The summed E-state index contributed by atoms with van der Waals surface area (Å²) in [5.74, 6) is -0.551.